The fraction of sp³-hybridized carbons (Fsp3) is 0.222. The number of nitrogens with zero attached hydrogens (tertiary/aromatic N) is 1. The van der Waals surface area contributed by atoms with Crippen molar-refractivity contribution < 1.29 is 18.9 Å². The zero-order valence-electron chi connectivity index (χ0n) is 19.1. The summed E-state index contributed by atoms with van der Waals surface area (Å²) in [6.45, 7) is 3.55. The Bertz CT molecular complexity index is 1210. The smallest absolute Gasteiger partial charge is 0.162 e. The molecule has 4 aromatic rings. The van der Waals surface area contributed by atoms with Crippen LogP contribution in [0.5, 0.6) is 28.7 Å². The van der Waals surface area contributed by atoms with Crippen molar-refractivity contribution in [3.05, 3.63) is 78.5 Å². The first-order valence-corrected chi connectivity index (χ1v) is 10.9. The number of methoxy groups -OCH3 is 2. The molecule has 1 aromatic heterocycles. The van der Waals surface area contributed by atoms with E-state index in [1.54, 1.807) is 20.4 Å². The number of para-hydroxylation sites is 1. The summed E-state index contributed by atoms with van der Waals surface area (Å²) in [5.74, 6) is 3.66. The molecule has 0 saturated carbocycles. The largest absolute Gasteiger partial charge is 0.493 e. The van der Waals surface area contributed by atoms with Crippen LogP contribution >= 0.6 is 0 Å². The van der Waals surface area contributed by atoms with E-state index in [4.69, 9.17) is 18.9 Å². The van der Waals surface area contributed by atoms with Crippen molar-refractivity contribution in [1.82, 2.24) is 4.98 Å². The van der Waals surface area contributed by atoms with Gasteiger partial charge in [-0.2, -0.15) is 0 Å². The van der Waals surface area contributed by atoms with Crippen LogP contribution in [0.3, 0.4) is 0 Å². The quantitative estimate of drug-likeness (QED) is 0.292. The Hall–Kier alpha value is -3.93. The Balaban J connectivity index is 1.34. The number of benzene rings is 3. The minimum atomic E-state index is 0.633. The molecule has 0 spiro atoms. The lowest BCUT2D eigenvalue weighted by Crippen LogP contribution is -2.07. The lowest BCUT2D eigenvalue weighted by molar-refractivity contribution is 0.313. The number of ether oxygens (including phenoxy) is 4. The van der Waals surface area contributed by atoms with Gasteiger partial charge in [-0.15, -0.1) is 0 Å². The van der Waals surface area contributed by atoms with Crippen molar-refractivity contribution >= 4 is 16.6 Å². The second-order valence-electron chi connectivity index (χ2n) is 7.55. The maximum Gasteiger partial charge on any atom is 0.162 e. The highest BCUT2D eigenvalue weighted by atomic mass is 16.5. The third kappa shape index (κ3) is 5.47. The summed E-state index contributed by atoms with van der Waals surface area (Å²) in [6, 6.07) is 21.5. The van der Waals surface area contributed by atoms with Crippen LogP contribution in [0.25, 0.3) is 10.9 Å². The topological polar surface area (TPSA) is 61.8 Å². The van der Waals surface area contributed by atoms with Crippen molar-refractivity contribution in [2.24, 2.45) is 0 Å². The van der Waals surface area contributed by atoms with Gasteiger partial charge in [0, 0.05) is 29.9 Å². The van der Waals surface area contributed by atoms with E-state index in [0.717, 1.165) is 46.6 Å². The normalized spacial score (nSPS) is 10.6. The lowest BCUT2D eigenvalue weighted by atomic mass is 10.2. The first-order valence-electron chi connectivity index (χ1n) is 10.9. The van der Waals surface area contributed by atoms with E-state index in [0.29, 0.717) is 23.9 Å². The molecule has 1 N–H and O–H groups in total. The number of aryl methyl sites for hydroxylation is 1. The van der Waals surface area contributed by atoms with Crippen LogP contribution in [0.1, 0.15) is 12.0 Å². The fourth-order valence-electron chi connectivity index (χ4n) is 3.51. The molecule has 6 heteroatoms. The van der Waals surface area contributed by atoms with E-state index in [-0.39, 0.29) is 0 Å². The summed E-state index contributed by atoms with van der Waals surface area (Å²) >= 11 is 0. The first-order chi connectivity index (χ1) is 16.2. The van der Waals surface area contributed by atoms with Gasteiger partial charge in [-0.1, -0.05) is 18.2 Å². The van der Waals surface area contributed by atoms with Gasteiger partial charge in [0.2, 0.25) is 0 Å². The molecule has 1 heterocycles. The summed E-state index contributed by atoms with van der Waals surface area (Å²) in [7, 11) is 3.22. The minimum absolute atomic E-state index is 0.633. The van der Waals surface area contributed by atoms with Crippen LogP contribution in [-0.2, 0) is 0 Å². The predicted molar refractivity (Wildman–Crippen MR) is 131 cm³/mol. The Morgan fingerprint density at radius 1 is 0.818 bits per heavy atom. The molecule has 0 bridgehead atoms. The first kappa shape index (κ1) is 22.3. The van der Waals surface area contributed by atoms with Crippen molar-refractivity contribution in [3.8, 4) is 28.7 Å². The molecule has 0 unspecified atom stereocenters. The van der Waals surface area contributed by atoms with E-state index in [2.05, 4.69) is 23.3 Å². The highest BCUT2D eigenvalue weighted by Gasteiger charge is 2.11. The number of pyridine rings is 1. The van der Waals surface area contributed by atoms with Gasteiger partial charge in [0.25, 0.3) is 0 Å². The Morgan fingerprint density at radius 2 is 1.58 bits per heavy atom. The molecule has 0 saturated heterocycles. The standard InChI is InChI=1S/C27H28N2O4/c1-19-7-4-5-8-24(19)32-16-6-14-28-20-9-11-21(12-10-20)33-25-13-15-29-23-18-27(31-3)26(30-2)17-22(23)25/h4-5,7-13,15,17-18,28H,6,14,16H2,1-3H3. The molecule has 0 amide bonds. The van der Waals surface area contributed by atoms with Crippen molar-refractivity contribution in [3.63, 3.8) is 0 Å². The zero-order valence-corrected chi connectivity index (χ0v) is 19.1. The van der Waals surface area contributed by atoms with Gasteiger partial charge in [0.05, 0.1) is 26.3 Å². The Kier molecular flexibility index (Phi) is 7.15. The number of nitrogens with one attached hydrogen (secondary N) is 1. The molecule has 0 aliphatic heterocycles. The summed E-state index contributed by atoms with van der Waals surface area (Å²) in [5, 5.41) is 4.27. The third-order valence-corrected chi connectivity index (χ3v) is 5.29. The minimum Gasteiger partial charge on any atom is -0.493 e. The molecule has 0 aliphatic rings. The van der Waals surface area contributed by atoms with Crippen molar-refractivity contribution in [2.45, 2.75) is 13.3 Å². The molecule has 170 valence electrons. The zero-order chi connectivity index (χ0) is 23.0. The molecule has 0 radical (unpaired) electrons. The second-order valence-corrected chi connectivity index (χ2v) is 7.55. The van der Waals surface area contributed by atoms with E-state index >= 15 is 0 Å². The SMILES string of the molecule is COc1cc2nccc(Oc3ccc(NCCCOc4ccccc4C)cc3)c2cc1OC. The van der Waals surface area contributed by atoms with Gasteiger partial charge in [-0.25, -0.2) is 0 Å². The van der Waals surface area contributed by atoms with Crippen molar-refractivity contribution in [2.75, 3.05) is 32.7 Å². The fourth-order valence-corrected chi connectivity index (χ4v) is 3.51. The molecule has 33 heavy (non-hydrogen) atoms. The van der Waals surface area contributed by atoms with Gasteiger partial charge >= 0.3 is 0 Å². The Labute approximate surface area is 194 Å². The van der Waals surface area contributed by atoms with Crippen molar-refractivity contribution in [1.29, 1.82) is 0 Å². The lowest BCUT2D eigenvalue weighted by Gasteiger charge is -2.13. The Morgan fingerprint density at radius 3 is 2.33 bits per heavy atom. The number of fused-ring (bicyclic) bond motifs is 1. The third-order valence-electron chi connectivity index (χ3n) is 5.29. The molecular weight excluding hydrogens is 416 g/mol. The molecule has 4 rings (SSSR count). The summed E-state index contributed by atoms with van der Waals surface area (Å²) in [6.07, 6.45) is 2.62. The number of rotatable bonds is 10. The van der Waals surface area contributed by atoms with E-state index in [1.165, 1.54) is 0 Å². The average Bonchev–Trinajstić information content (AvgIpc) is 2.85. The highest BCUT2D eigenvalue weighted by molar-refractivity contribution is 5.88. The van der Waals surface area contributed by atoms with E-state index in [1.807, 2.05) is 60.7 Å². The maximum atomic E-state index is 6.14. The maximum absolute atomic E-state index is 6.14. The van der Waals surface area contributed by atoms with Crippen LogP contribution in [0.15, 0.2) is 72.9 Å². The van der Waals surface area contributed by atoms with Gasteiger partial charge in [0.1, 0.15) is 17.2 Å². The van der Waals surface area contributed by atoms with Crippen LogP contribution in [0, 0.1) is 6.92 Å². The summed E-state index contributed by atoms with van der Waals surface area (Å²) < 4.78 is 22.8. The number of anilines is 1. The molecule has 3 aromatic carbocycles. The molecular formula is C27H28N2O4. The highest BCUT2D eigenvalue weighted by Crippen LogP contribution is 2.37. The van der Waals surface area contributed by atoms with Crippen LogP contribution in [0.2, 0.25) is 0 Å². The molecule has 0 fully saturated rings. The van der Waals surface area contributed by atoms with Crippen LogP contribution < -0.4 is 24.3 Å². The number of hydrogen-bond acceptors (Lipinski definition) is 6. The van der Waals surface area contributed by atoms with Crippen LogP contribution in [-0.4, -0.2) is 32.4 Å². The van der Waals surface area contributed by atoms with Gasteiger partial charge < -0.3 is 24.3 Å². The molecule has 0 aliphatic carbocycles. The summed E-state index contributed by atoms with van der Waals surface area (Å²) in [5.41, 5.74) is 2.96. The average molecular weight is 445 g/mol. The van der Waals surface area contributed by atoms with E-state index < -0.39 is 0 Å². The van der Waals surface area contributed by atoms with Crippen LogP contribution in [0.4, 0.5) is 5.69 Å². The number of aromatic nitrogens is 1. The summed E-state index contributed by atoms with van der Waals surface area (Å²) in [4.78, 5) is 4.42. The second kappa shape index (κ2) is 10.6. The van der Waals surface area contributed by atoms with Gasteiger partial charge in [-0.3, -0.25) is 4.98 Å². The molecule has 6 nitrogen and oxygen atoms in total. The predicted octanol–water partition coefficient (Wildman–Crippen LogP) is 6.23. The van der Waals surface area contributed by atoms with Gasteiger partial charge in [0.15, 0.2) is 11.5 Å². The number of hydrogen-bond donors (Lipinski definition) is 1. The molecule has 0 atom stereocenters. The van der Waals surface area contributed by atoms with E-state index in [9.17, 15) is 0 Å². The monoisotopic (exact) mass is 444 g/mol. The van der Waals surface area contributed by atoms with Gasteiger partial charge in [-0.05, 0) is 61.4 Å².